The third-order valence-electron chi connectivity index (χ3n) is 6.93. The number of unbranched alkanes of at least 4 members (excludes halogenated alkanes) is 13. The molecule has 0 saturated carbocycles. The standard InChI is InChI=1S/C28H49F3N5O5P/c1-24(20-36-22-35-25-26(32)33-21-34-27(25)36)40-23-42(37,38)41-19-18-39-17-15-13-11-9-7-5-3-2-4-6-8-10-12-14-16-28(29,30)31/h21-22,24H,2-20,23H2,1H3,(H,37,38)(H2,32,33,34)/t24-/m1/s1. The van der Waals surface area contributed by atoms with E-state index in [-0.39, 0.29) is 31.6 Å². The van der Waals surface area contributed by atoms with Gasteiger partial charge in [0.05, 0.1) is 32.2 Å². The van der Waals surface area contributed by atoms with Gasteiger partial charge in [0.1, 0.15) is 18.2 Å². The van der Waals surface area contributed by atoms with Crippen molar-refractivity contribution in [2.45, 2.75) is 122 Å². The zero-order valence-electron chi connectivity index (χ0n) is 24.9. The largest absolute Gasteiger partial charge is 0.389 e. The van der Waals surface area contributed by atoms with Crippen LogP contribution in [0.5, 0.6) is 0 Å². The van der Waals surface area contributed by atoms with Crippen LogP contribution in [0.25, 0.3) is 11.2 Å². The molecule has 0 bridgehead atoms. The molecule has 2 heterocycles. The van der Waals surface area contributed by atoms with E-state index in [1.54, 1.807) is 17.8 Å². The van der Waals surface area contributed by atoms with E-state index in [9.17, 15) is 22.6 Å². The third-order valence-corrected chi connectivity index (χ3v) is 7.99. The highest BCUT2D eigenvalue weighted by atomic mass is 31.2. The van der Waals surface area contributed by atoms with E-state index in [0.29, 0.717) is 30.7 Å². The molecule has 2 aromatic heterocycles. The lowest BCUT2D eigenvalue weighted by molar-refractivity contribution is -0.135. The first-order valence-electron chi connectivity index (χ1n) is 15.2. The molecule has 3 N–H and O–H groups in total. The number of nitrogen functional groups attached to an aromatic ring is 1. The molecule has 42 heavy (non-hydrogen) atoms. The average Bonchev–Trinajstić information content (AvgIpc) is 3.34. The summed E-state index contributed by atoms with van der Waals surface area (Å²) in [6.07, 6.45) is 11.9. The number of hydrogen-bond donors (Lipinski definition) is 2. The zero-order valence-corrected chi connectivity index (χ0v) is 25.8. The van der Waals surface area contributed by atoms with E-state index in [2.05, 4.69) is 15.0 Å². The lowest BCUT2D eigenvalue weighted by Crippen LogP contribution is -2.18. The van der Waals surface area contributed by atoms with Crippen LogP contribution in [0.15, 0.2) is 12.7 Å². The molecule has 1 unspecified atom stereocenters. The van der Waals surface area contributed by atoms with E-state index in [4.69, 9.17) is 19.7 Å². The molecule has 0 aromatic carbocycles. The number of alkyl halides is 3. The molecule has 242 valence electrons. The predicted octanol–water partition coefficient (Wildman–Crippen LogP) is 7.40. The van der Waals surface area contributed by atoms with Gasteiger partial charge in [-0.05, 0) is 19.8 Å². The monoisotopic (exact) mass is 623 g/mol. The van der Waals surface area contributed by atoms with Crippen molar-refractivity contribution in [1.82, 2.24) is 19.5 Å². The molecule has 0 fully saturated rings. The fourth-order valence-electron chi connectivity index (χ4n) is 4.61. The van der Waals surface area contributed by atoms with Crippen molar-refractivity contribution < 1.29 is 36.6 Å². The van der Waals surface area contributed by atoms with Crippen LogP contribution in [-0.4, -0.2) is 62.9 Å². The van der Waals surface area contributed by atoms with Crippen LogP contribution in [0, 0.1) is 0 Å². The summed E-state index contributed by atoms with van der Waals surface area (Å²) < 4.78 is 66.4. The minimum atomic E-state index is -4.01. The first-order chi connectivity index (χ1) is 20.1. The van der Waals surface area contributed by atoms with Gasteiger partial charge in [-0.25, -0.2) is 15.0 Å². The van der Waals surface area contributed by atoms with Gasteiger partial charge in [0.25, 0.3) is 0 Å². The summed E-state index contributed by atoms with van der Waals surface area (Å²) in [5.74, 6) is 0.289. The lowest BCUT2D eigenvalue weighted by atomic mass is 10.0. The second kappa shape index (κ2) is 20.2. The van der Waals surface area contributed by atoms with Crippen molar-refractivity contribution >= 4 is 24.6 Å². The Labute approximate surface area is 247 Å². The van der Waals surface area contributed by atoms with Crippen LogP contribution in [-0.2, 0) is 25.1 Å². The highest BCUT2D eigenvalue weighted by Crippen LogP contribution is 2.41. The molecule has 2 atom stereocenters. The maximum atomic E-state index is 12.3. The minimum absolute atomic E-state index is 0.0198. The van der Waals surface area contributed by atoms with E-state index in [1.165, 1.54) is 44.9 Å². The van der Waals surface area contributed by atoms with Gasteiger partial charge in [-0.3, -0.25) is 4.57 Å². The van der Waals surface area contributed by atoms with Gasteiger partial charge in [0, 0.05) is 13.0 Å². The van der Waals surface area contributed by atoms with E-state index < -0.39 is 26.5 Å². The van der Waals surface area contributed by atoms with Crippen LogP contribution in [0.1, 0.15) is 103 Å². The van der Waals surface area contributed by atoms with Crippen molar-refractivity contribution in [1.29, 1.82) is 0 Å². The molecule has 10 nitrogen and oxygen atoms in total. The van der Waals surface area contributed by atoms with Crippen LogP contribution in [0.4, 0.5) is 19.0 Å². The Hall–Kier alpha value is -1.79. The quantitative estimate of drug-likeness (QED) is 0.0856. The maximum absolute atomic E-state index is 12.3. The van der Waals surface area contributed by atoms with Crippen molar-refractivity contribution in [3.8, 4) is 0 Å². The van der Waals surface area contributed by atoms with Crippen LogP contribution >= 0.6 is 7.60 Å². The topological polar surface area (TPSA) is 135 Å². The summed E-state index contributed by atoms with van der Waals surface area (Å²) in [5.41, 5.74) is 6.86. The van der Waals surface area contributed by atoms with Gasteiger partial charge in [-0.15, -0.1) is 0 Å². The molecule has 0 aliphatic carbocycles. The number of imidazole rings is 1. The molecule has 0 saturated heterocycles. The fraction of sp³-hybridized carbons (Fsp3) is 0.821. The molecule has 14 heteroatoms. The van der Waals surface area contributed by atoms with Crippen molar-refractivity contribution in [3.05, 3.63) is 12.7 Å². The Morgan fingerprint density at radius 1 is 0.881 bits per heavy atom. The number of rotatable bonds is 25. The molecule has 0 aliphatic heterocycles. The first-order valence-corrected chi connectivity index (χ1v) is 17.0. The lowest BCUT2D eigenvalue weighted by Gasteiger charge is -2.17. The molecular weight excluding hydrogens is 574 g/mol. The highest BCUT2D eigenvalue weighted by molar-refractivity contribution is 7.52. The fourth-order valence-corrected chi connectivity index (χ4v) is 5.49. The van der Waals surface area contributed by atoms with Gasteiger partial charge in [-0.2, -0.15) is 13.2 Å². The van der Waals surface area contributed by atoms with Gasteiger partial charge in [0.2, 0.25) is 0 Å². The van der Waals surface area contributed by atoms with Gasteiger partial charge in [0.15, 0.2) is 11.5 Å². The molecule has 0 radical (unpaired) electrons. The van der Waals surface area contributed by atoms with E-state index in [0.717, 1.165) is 38.5 Å². The van der Waals surface area contributed by atoms with Crippen LogP contribution in [0.3, 0.4) is 0 Å². The SMILES string of the molecule is C[C@H](Cn1cnc2c(N)ncnc21)OCP(=O)(O)OCCOCCCCCCCCCCCCCCCCC(F)(F)F. The number of ether oxygens (including phenoxy) is 2. The predicted molar refractivity (Wildman–Crippen MR) is 157 cm³/mol. The number of hydrogen-bond acceptors (Lipinski definition) is 8. The molecule has 0 spiro atoms. The molecule has 2 aromatic rings. The highest BCUT2D eigenvalue weighted by Gasteiger charge is 2.25. The summed E-state index contributed by atoms with van der Waals surface area (Å²) in [6, 6.07) is 0. The van der Waals surface area contributed by atoms with Gasteiger partial charge in [-0.1, -0.05) is 77.0 Å². The minimum Gasteiger partial charge on any atom is -0.382 e. The molecule has 0 aliphatic rings. The average molecular weight is 624 g/mol. The second-order valence-corrected chi connectivity index (χ2v) is 12.6. The van der Waals surface area contributed by atoms with E-state index in [1.807, 2.05) is 0 Å². The number of fused-ring (bicyclic) bond motifs is 1. The number of nitrogens with zero attached hydrogens (tertiary/aromatic N) is 4. The second-order valence-electron chi connectivity index (χ2n) is 10.8. The number of aromatic nitrogens is 4. The van der Waals surface area contributed by atoms with Gasteiger partial charge >= 0.3 is 13.8 Å². The summed E-state index contributed by atoms with van der Waals surface area (Å²) in [6.45, 7) is 3.01. The van der Waals surface area contributed by atoms with E-state index >= 15 is 0 Å². The molecular formula is C28H49F3N5O5P. The Kier molecular flexibility index (Phi) is 17.5. The van der Waals surface area contributed by atoms with Gasteiger partial charge < -0.3 is 29.2 Å². The van der Waals surface area contributed by atoms with Crippen LogP contribution in [0.2, 0.25) is 0 Å². The van der Waals surface area contributed by atoms with Crippen LogP contribution < -0.4 is 5.73 Å². The molecule has 0 amide bonds. The maximum Gasteiger partial charge on any atom is 0.389 e. The first kappa shape index (κ1) is 36.4. The Bertz CT molecular complexity index is 1040. The summed E-state index contributed by atoms with van der Waals surface area (Å²) in [4.78, 5) is 22.3. The van der Waals surface area contributed by atoms with Crippen molar-refractivity contribution in [2.24, 2.45) is 0 Å². The summed E-state index contributed by atoms with van der Waals surface area (Å²) in [7, 11) is -3.90. The Morgan fingerprint density at radius 3 is 2.05 bits per heavy atom. The number of nitrogens with two attached hydrogens (primary N) is 1. The third kappa shape index (κ3) is 16.7. The zero-order chi connectivity index (χ0) is 30.7. The summed E-state index contributed by atoms with van der Waals surface area (Å²) in [5, 5.41) is 0. The van der Waals surface area contributed by atoms with Crippen molar-refractivity contribution in [2.75, 3.05) is 31.9 Å². The number of anilines is 1. The summed E-state index contributed by atoms with van der Waals surface area (Å²) >= 11 is 0. The van der Waals surface area contributed by atoms with Crippen molar-refractivity contribution in [3.63, 3.8) is 0 Å². The normalized spacial score (nSPS) is 14.4. The smallest absolute Gasteiger partial charge is 0.382 e. The Morgan fingerprint density at radius 2 is 1.45 bits per heavy atom. The number of halogens is 3. The Balaban J connectivity index is 1.35. The molecule has 2 rings (SSSR count).